The van der Waals surface area contributed by atoms with Gasteiger partial charge >= 0.3 is 6.09 Å². The first-order valence-corrected chi connectivity index (χ1v) is 9.16. The van der Waals surface area contributed by atoms with Crippen molar-refractivity contribution in [3.8, 4) is 0 Å². The highest BCUT2D eigenvalue weighted by atomic mass is 32.1. The van der Waals surface area contributed by atoms with Crippen LogP contribution >= 0.6 is 23.8 Å². The van der Waals surface area contributed by atoms with Crippen LogP contribution in [0.4, 0.5) is 9.80 Å². The second-order valence-corrected chi connectivity index (χ2v) is 6.27. The Kier molecular flexibility index (Phi) is 9.24. The highest BCUT2D eigenvalue weighted by Gasteiger charge is 2.16. The zero-order valence-electron chi connectivity index (χ0n) is 14.6. The molecule has 0 bridgehead atoms. The van der Waals surface area contributed by atoms with Crippen LogP contribution in [0.1, 0.15) is 51.3 Å². The average Bonchev–Trinajstić information content (AvgIpc) is 2.90. The summed E-state index contributed by atoms with van der Waals surface area (Å²) in [5.74, 6) is 0. The van der Waals surface area contributed by atoms with E-state index >= 15 is 0 Å². The van der Waals surface area contributed by atoms with Crippen LogP contribution in [-0.4, -0.2) is 34.4 Å². The minimum Gasteiger partial charge on any atom is -0.450 e. The van der Waals surface area contributed by atoms with E-state index in [9.17, 15) is 4.79 Å². The molecule has 1 amide bonds. The van der Waals surface area contributed by atoms with Gasteiger partial charge in [-0.1, -0.05) is 19.8 Å². The van der Waals surface area contributed by atoms with Gasteiger partial charge in [0.15, 0.2) is 5.11 Å². The average molecular weight is 372 g/mol. The summed E-state index contributed by atoms with van der Waals surface area (Å²) in [6, 6.07) is 0. The molecule has 0 fully saturated rings. The molecule has 0 saturated heterocycles. The summed E-state index contributed by atoms with van der Waals surface area (Å²) < 4.78 is 9.16. The van der Waals surface area contributed by atoms with Crippen LogP contribution in [0.3, 0.4) is 0 Å². The summed E-state index contributed by atoms with van der Waals surface area (Å²) in [5.41, 5.74) is 5.07. The van der Waals surface area contributed by atoms with Gasteiger partial charge in [0.25, 0.3) is 0 Å². The Labute approximate surface area is 152 Å². The largest absolute Gasteiger partial charge is 0.450 e. The van der Waals surface area contributed by atoms with Crippen molar-refractivity contribution in [3.05, 3.63) is 11.3 Å². The number of unbranched alkanes of at least 4 members (excludes halogenated alkanes) is 2. The number of hydrazone groups is 1. The number of ether oxygens (including phenoxy) is 1. The zero-order chi connectivity index (χ0) is 17.9. The number of rotatable bonds is 8. The van der Waals surface area contributed by atoms with Gasteiger partial charge in [0.2, 0.25) is 0 Å². The SMILES string of the molecule is CCCCCNC(=S)N/N=C(\C)c1c(C)nsc1NC(=O)OCC. The molecule has 1 aromatic rings. The Morgan fingerprint density at radius 3 is 2.79 bits per heavy atom. The number of aromatic nitrogens is 1. The predicted octanol–water partition coefficient (Wildman–Crippen LogP) is 3.40. The molecule has 1 heterocycles. The number of nitrogens with one attached hydrogen (secondary N) is 3. The fourth-order valence-electron chi connectivity index (χ4n) is 1.95. The predicted molar refractivity (Wildman–Crippen MR) is 103 cm³/mol. The molecule has 3 N–H and O–H groups in total. The third-order valence-corrected chi connectivity index (χ3v) is 4.20. The van der Waals surface area contributed by atoms with E-state index in [1.807, 2.05) is 13.8 Å². The lowest BCUT2D eigenvalue weighted by molar-refractivity contribution is 0.168. The second kappa shape index (κ2) is 10.9. The Balaban J connectivity index is 2.66. The first-order chi connectivity index (χ1) is 11.5. The van der Waals surface area contributed by atoms with Gasteiger partial charge in [-0.05, 0) is 50.9 Å². The molecule has 0 aliphatic carbocycles. The van der Waals surface area contributed by atoms with Gasteiger partial charge in [0.1, 0.15) is 5.00 Å². The monoisotopic (exact) mass is 371 g/mol. The molecule has 0 aromatic carbocycles. The van der Waals surface area contributed by atoms with Gasteiger partial charge in [-0.25, -0.2) is 4.79 Å². The maximum absolute atomic E-state index is 11.6. The zero-order valence-corrected chi connectivity index (χ0v) is 16.2. The van der Waals surface area contributed by atoms with Gasteiger partial charge in [-0.3, -0.25) is 10.7 Å². The maximum atomic E-state index is 11.6. The number of anilines is 1. The summed E-state index contributed by atoms with van der Waals surface area (Å²) in [7, 11) is 0. The van der Waals surface area contributed by atoms with Crippen molar-refractivity contribution in [1.29, 1.82) is 0 Å². The number of aryl methyl sites for hydroxylation is 1. The van der Waals surface area contributed by atoms with Crippen LogP contribution in [0.5, 0.6) is 0 Å². The summed E-state index contributed by atoms with van der Waals surface area (Å²) in [4.78, 5) is 11.6. The standard InChI is InChI=1S/C15H25N5O2S2/c1-5-7-8-9-16-14(23)19-18-10(3)12-11(4)20-24-13(12)17-15(21)22-6-2/h5-9H2,1-4H3,(H,17,21)(H2,16,19,23)/b18-10+. The minimum absolute atomic E-state index is 0.311. The van der Waals surface area contributed by atoms with Crippen molar-refractivity contribution in [2.75, 3.05) is 18.5 Å². The number of thiocarbonyl (C=S) groups is 1. The number of carbonyl (C=O) groups is 1. The summed E-state index contributed by atoms with van der Waals surface area (Å²) >= 11 is 6.38. The number of nitrogens with zero attached hydrogens (tertiary/aromatic N) is 2. The Morgan fingerprint density at radius 1 is 1.38 bits per heavy atom. The molecule has 24 heavy (non-hydrogen) atoms. The van der Waals surface area contributed by atoms with Crippen molar-refractivity contribution in [3.63, 3.8) is 0 Å². The van der Waals surface area contributed by atoms with Crippen LogP contribution in [-0.2, 0) is 4.74 Å². The molecule has 1 rings (SSSR count). The second-order valence-electron chi connectivity index (χ2n) is 5.09. The number of hydrogen-bond acceptors (Lipinski definition) is 6. The molecule has 134 valence electrons. The van der Waals surface area contributed by atoms with Crippen molar-refractivity contribution in [2.45, 2.75) is 47.0 Å². The summed E-state index contributed by atoms with van der Waals surface area (Å²) in [6.07, 6.45) is 2.90. The first kappa shape index (κ1) is 20.3. The fraction of sp³-hybridized carbons (Fsp3) is 0.600. The summed E-state index contributed by atoms with van der Waals surface area (Å²) in [5, 5.41) is 11.2. The smallest absolute Gasteiger partial charge is 0.412 e. The van der Waals surface area contributed by atoms with E-state index in [1.54, 1.807) is 6.92 Å². The topological polar surface area (TPSA) is 87.6 Å². The normalized spacial score (nSPS) is 11.1. The summed E-state index contributed by atoms with van der Waals surface area (Å²) in [6.45, 7) is 8.74. The first-order valence-electron chi connectivity index (χ1n) is 7.98. The molecule has 0 aliphatic rings. The van der Waals surface area contributed by atoms with E-state index in [4.69, 9.17) is 17.0 Å². The van der Waals surface area contributed by atoms with E-state index in [1.165, 1.54) is 24.4 Å². The van der Waals surface area contributed by atoms with E-state index in [0.717, 1.165) is 24.2 Å². The molecule has 7 nitrogen and oxygen atoms in total. The van der Waals surface area contributed by atoms with Gasteiger partial charge < -0.3 is 10.1 Å². The number of hydrogen-bond donors (Lipinski definition) is 3. The third-order valence-electron chi connectivity index (χ3n) is 3.11. The lowest BCUT2D eigenvalue weighted by atomic mass is 10.2. The fourth-order valence-corrected chi connectivity index (χ4v) is 2.93. The van der Waals surface area contributed by atoms with Crippen LogP contribution in [0.2, 0.25) is 0 Å². The van der Waals surface area contributed by atoms with Crippen LogP contribution < -0.4 is 16.1 Å². The highest BCUT2D eigenvalue weighted by molar-refractivity contribution is 7.80. The molecule has 1 aromatic heterocycles. The van der Waals surface area contributed by atoms with Gasteiger partial charge in [-0.15, -0.1) is 0 Å². The molecule has 0 saturated carbocycles. The lowest BCUT2D eigenvalue weighted by Crippen LogP contribution is -2.33. The Hall–Kier alpha value is -1.74. The van der Waals surface area contributed by atoms with Crippen molar-refractivity contribution in [2.24, 2.45) is 5.10 Å². The molecule has 0 atom stereocenters. The molecule has 0 unspecified atom stereocenters. The van der Waals surface area contributed by atoms with Gasteiger partial charge in [0, 0.05) is 6.54 Å². The third kappa shape index (κ3) is 6.79. The number of amides is 1. The van der Waals surface area contributed by atoms with Crippen molar-refractivity contribution < 1.29 is 9.53 Å². The molecule has 0 radical (unpaired) electrons. The van der Waals surface area contributed by atoms with Gasteiger partial charge in [0.05, 0.1) is 23.6 Å². The lowest BCUT2D eigenvalue weighted by Gasteiger charge is -2.09. The number of carbonyl (C=O) groups excluding carboxylic acids is 1. The van der Waals surface area contributed by atoms with Crippen molar-refractivity contribution in [1.82, 2.24) is 15.1 Å². The van der Waals surface area contributed by atoms with Crippen molar-refractivity contribution >= 4 is 45.7 Å². The minimum atomic E-state index is -0.503. The van der Waals surface area contributed by atoms with Crippen LogP contribution in [0.25, 0.3) is 0 Å². The molecule has 0 spiro atoms. The highest BCUT2D eigenvalue weighted by Crippen LogP contribution is 2.25. The van der Waals surface area contributed by atoms with E-state index in [0.29, 0.717) is 22.4 Å². The van der Waals surface area contributed by atoms with E-state index in [-0.39, 0.29) is 0 Å². The molecule has 0 aliphatic heterocycles. The van der Waals surface area contributed by atoms with E-state index in [2.05, 4.69) is 32.5 Å². The molecule has 9 heteroatoms. The quantitative estimate of drug-likeness (QED) is 0.281. The molecular weight excluding hydrogens is 346 g/mol. The van der Waals surface area contributed by atoms with E-state index < -0.39 is 6.09 Å². The Morgan fingerprint density at radius 2 is 2.12 bits per heavy atom. The maximum Gasteiger partial charge on any atom is 0.412 e. The van der Waals surface area contributed by atoms with Crippen LogP contribution in [0, 0.1) is 6.92 Å². The molecular formula is C15H25N5O2S2. The van der Waals surface area contributed by atoms with Crippen LogP contribution in [0.15, 0.2) is 5.10 Å². The van der Waals surface area contributed by atoms with Gasteiger partial charge in [-0.2, -0.15) is 9.47 Å². The Bertz CT molecular complexity index is 586.